The molecule has 2 heterocycles. The largest absolute Gasteiger partial charge is 0.417 e. The van der Waals surface area contributed by atoms with E-state index in [2.05, 4.69) is 15.4 Å². The molecule has 1 aromatic carbocycles. The lowest BCUT2D eigenvalue weighted by Crippen LogP contribution is -2.26. The molecule has 152 valence electrons. The molecular formula is C21H21F3N4O. The number of rotatable bonds is 6. The number of hydrogen-bond acceptors (Lipinski definition) is 3. The SMILES string of the molecule is CC(C)c1c(C(=O)NCCc2ccccc2)cnn1-c1ccc(C(F)(F)F)cn1. The van der Waals surface area contributed by atoms with Crippen LogP contribution in [0.4, 0.5) is 13.2 Å². The Labute approximate surface area is 166 Å². The molecule has 1 N–H and O–H groups in total. The number of carbonyl (C=O) groups is 1. The van der Waals surface area contributed by atoms with Gasteiger partial charge in [-0.25, -0.2) is 9.67 Å². The summed E-state index contributed by atoms with van der Waals surface area (Å²) < 4.78 is 39.7. The van der Waals surface area contributed by atoms with Crippen molar-refractivity contribution in [1.82, 2.24) is 20.1 Å². The molecule has 0 aliphatic rings. The molecule has 0 fully saturated rings. The first-order valence-corrected chi connectivity index (χ1v) is 9.21. The van der Waals surface area contributed by atoms with Crippen LogP contribution in [0.25, 0.3) is 5.82 Å². The molecular weight excluding hydrogens is 381 g/mol. The van der Waals surface area contributed by atoms with Crippen molar-refractivity contribution in [3.63, 3.8) is 0 Å². The van der Waals surface area contributed by atoms with Crippen LogP contribution in [0, 0.1) is 0 Å². The van der Waals surface area contributed by atoms with Gasteiger partial charge in [-0.3, -0.25) is 4.79 Å². The Morgan fingerprint density at radius 2 is 1.83 bits per heavy atom. The van der Waals surface area contributed by atoms with Crippen LogP contribution >= 0.6 is 0 Å². The summed E-state index contributed by atoms with van der Waals surface area (Å²) in [4.78, 5) is 16.5. The minimum atomic E-state index is -4.46. The zero-order valence-electron chi connectivity index (χ0n) is 16.1. The maximum atomic E-state index is 12.8. The Morgan fingerprint density at radius 1 is 1.10 bits per heavy atom. The normalized spacial score (nSPS) is 11.7. The monoisotopic (exact) mass is 402 g/mol. The van der Waals surface area contributed by atoms with Gasteiger partial charge in [0, 0.05) is 12.7 Å². The fourth-order valence-corrected chi connectivity index (χ4v) is 3.01. The van der Waals surface area contributed by atoms with Crippen molar-refractivity contribution in [2.45, 2.75) is 32.4 Å². The second kappa shape index (κ2) is 8.46. The number of carbonyl (C=O) groups excluding carboxylic acids is 1. The molecule has 5 nitrogen and oxygen atoms in total. The smallest absolute Gasteiger partial charge is 0.352 e. The molecule has 3 aromatic rings. The second-order valence-electron chi connectivity index (χ2n) is 6.90. The van der Waals surface area contributed by atoms with Gasteiger partial charge in [0.15, 0.2) is 5.82 Å². The number of halogens is 3. The van der Waals surface area contributed by atoms with Gasteiger partial charge in [0.25, 0.3) is 5.91 Å². The predicted octanol–water partition coefficient (Wildman–Crippen LogP) is 4.38. The number of amides is 1. The number of nitrogens with zero attached hydrogens (tertiary/aromatic N) is 3. The van der Waals surface area contributed by atoms with E-state index in [-0.39, 0.29) is 17.6 Å². The highest BCUT2D eigenvalue weighted by atomic mass is 19.4. The zero-order valence-corrected chi connectivity index (χ0v) is 16.1. The van der Waals surface area contributed by atoms with Gasteiger partial charge in [-0.1, -0.05) is 44.2 Å². The van der Waals surface area contributed by atoms with Crippen molar-refractivity contribution in [2.75, 3.05) is 6.54 Å². The van der Waals surface area contributed by atoms with Crippen molar-refractivity contribution in [3.05, 3.63) is 77.2 Å². The molecule has 0 aliphatic carbocycles. The van der Waals surface area contributed by atoms with Crippen LogP contribution in [-0.2, 0) is 12.6 Å². The fraction of sp³-hybridized carbons (Fsp3) is 0.286. The Hall–Kier alpha value is -3.16. The molecule has 0 radical (unpaired) electrons. The van der Waals surface area contributed by atoms with E-state index in [0.717, 1.165) is 17.8 Å². The number of hydrogen-bond donors (Lipinski definition) is 1. The lowest BCUT2D eigenvalue weighted by molar-refractivity contribution is -0.137. The molecule has 0 spiro atoms. The topological polar surface area (TPSA) is 59.8 Å². The van der Waals surface area contributed by atoms with E-state index in [9.17, 15) is 18.0 Å². The minimum Gasteiger partial charge on any atom is -0.352 e. The van der Waals surface area contributed by atoms with Crippen molar-refractivity contribution < 1.29 is 18.0 Å². The summed E-state index contributed by atoms with van der Waals surface area (Å²) in [6.07, 6.45) is -1.58. The van der Waals surface area contributed by atoms with Gasteiger partial charge < -0.3 is 5.32 Å². The number of pyridine rings is 1. The predicted molar refractivity (Wildman–Crippen MR) is 103 cm³/mol. The van der Waals surface area contributed by atoms with Crippen LogP contribution < -0.4 is 5.32 Å². The van der Waals surface area contributed by atoms with E-state index >= 15 is 0 Å². The molecule has 2 aromatic heterocycles. The van der Waals surface area contributed by atoms with Crippen LogP contribution in [0.5, 0.6) is 0 Å². The van der Waals surface area contributed by atoms with Gasteiger partial charge in [0.1, 0.15) is 0 Å². The first-order chi connectivity index (χ1) is 13.8. The summed E-state index contributed by atoms with van der Waals surface area (Å²) >= 11 is 0. The van der Waals surface area contributed by atoms with Gasteiger partial charge in [0.05, 0.1) is 23.0 Å². The summed E-state index contributed by atoms with van der Waals surface area (Å²) in [7, 11) is 0. The van der Waals surface area contributed by atoms with E-state index in [1.54, 1.807) is 0 Å². The van der Waals surface area contributed by atoms with Gasteiger partial charge in [-0.15, -0.1) is 0 Å². The first kappa shape index (κ1) is 20.6. The van der Waals surface area contributed by atoms with Crippen molar-refractivity contribution in [2.24, 2.45) is 0 Å². The van der Waals surface area contributed by atoms with Gasteiger partial charge >= 0.3 is 6.18 Å². The zero-order chi connectivity index (χ0) is 21.0. The van der Waals surface area contributed by atoms with Crippen molar-refractivity contribution >= 4 is 5.91 Å². The van der Waals surface area contributed by atoms with Crippen LogP contribution in [0.1, 0.15) is 46.9 Å². The minimum absolute atomic E-state index is 0.0866. The maximum absolute atomic E-state index is 12.8. The summed E-state index contributed by atoms with van der Waals surface area (Å²) in [5, 5.41) is 7.07. The highest BCUT2D eigenvalue weighted by Gasteiger charge is 2.31. The standard InChI is InChI=1S/C21H21F3N4O/c1-14(2)19-17(20(29)25-11-10-15-6-4-3-5-7-15)13-27-28(19)18-9-8-16(12-26-18)21(22,23)24/h3-9,12-14H,10-11H2,1-2H3,(H,25,29). The summed E-state index contributed by atoms with van der Waals surface area (Å²) in [6, 6.07) is 12.0. The Bertz CT molecular complexity index is 964. The van der Waals surface area contributed by atoms with Crippen LogP contribution in [0.3, 0.4) is 0 Å². The average Bonchev–Trinajstić information content (AvgIpc) is 3.14. The van der Waals surface area contributed by atoms with Gasteiger partial charge in [0.2, 0.25) is 0 Å². The van der Waals surface area contributed by atoms with Crippen LogP contribution in [0.2, 0.25) is 0 Å². The van der Waals surface area contributed by atoms with E-state index < -0.39 is 11.7 Å². The Morgan fingerprint density at radius 3 is 2.41 bits per heavy atom. The highest BCUT2D eigenvalue weighted by molar-refractivity contribution is 5.95. The number of alkyl halides is 3. The lowest BCUT2D eigenvalue weighted by Gasteiger charge is -2.13. The van der Waals surface area contributed by atoms with E-state index in [1.807, 2.05) is 44.2 Å². The van der Waals surface area contributed by atoms with Crippen LogP contribution in [-0.4, -0.2) is 27.2 Å². The third-order valence-electron chi connectivity index (χ3n) is 4.43. The molecule has 1 amide bonds. The first-order valence-electron chi connectivity index (χ1n) is 9.21. The molecule has 3 rings (SSSR count). The average molecular weight is 402 g/mol. The second-order valence-corrected chi connectivity index (χ2v) is 6.90. The molecule has 0 saturated carbocycles. The molecule has 29 heavy (non-hydrogen) atoms. The van der Waals surface area contributed by atoms with Gasteiger partial charge in [-0.2, -0.15) is 18.3 Å². The molecule has 0 atom stereocenters. The Kier molecular flexibility index (Phi) is 6.00. The fourth-order valence-electron chi connectivity index (χ4n) is 3.01. The quantitative estimate of drug-likeness (QED) is 0.666. The summed E-state index contributed by atoms with van der Waals surface area (Å²) in [6.45, 7) is 4.24. The number of aromatic nitrogens is 3. The molecule has 0 saturated heterocycles. The van der Waals surface area contributed by atoms with E-state index in [1.165, 1.54) is 16.9 Å². The number of nitrogens with one attached hydrogen (secondary N) is 1. The molecule has 0 unspecified atom stereocenters. The summed E-state index contributed by atoms with van der Waals surface area (Å²) in [5.41, 5.74) is 1.25. The summed E-state index contributed by atoms with van der Waals surface area (Å²) in [5.74, 6) is -0.135. The van der Waals surface area contributed by atoms with E-state index in [0.29, 0.717) is 24.2 Å². The van der Waals surface area contributed by atoms with Crippen molar-refractivity contribution in [3.8, 4) is 5.82 Å². The number of benzene rings is 1. The highest BCUT2D eigenvalue weighted by Crippen LogP contribution is 2.29. The molecule has 0 aliphatic heterocycles. The Balaban J connectivity index is 1.78. The molecule has 8 heteroatoms. The maximum Gasteiger partial charge on any atom is 0.417 e. The van der Waals surface area contributed by atoms with Gasteiger partial charge in [-0.05, 0) is 30.0 Å². The third-order valence-corrected chi connectivity index (χ3v) is 4.43. The molecule has 0 bridgehead atoms. The van der Waals surface area contributed by atoms with E-state index in [4.69, 9.17) is 0 Å². The third kappa shape index (κ3) is 4.82. The lowest BCUT2D eigenvalue weighted by atomic mass is 10.1. The van der Waals surface area contributed by atoms with Crippen molar-refractivity contribution in [1.29, 1.82) is 0 Å². The van der Waals surface area contributed by atoms with Crippen LogP contribution in [0.15, 0.2) is 54.9 Å².